The van der Waals surface area contributed by atoms with Crippen LogP contribution in [0.5, 0.6) is 23.0 Å². The molecule has 7 heteroatoms. The molecule has 1 N–H and O–H groups in total. The number of hydrogen-bond donors (Lipinski definition) is 1. The summed E-state index contributed by atoms with van der Waals surface area (Å²) >= 11 is 0. The number of phenolic OH excluding ortho intramolecular Hbond substituents is 1. The number of Topliss-reactive ketones (excluding diaryl/α,β-unsaturated/α-hetero) is 2. The van der Waals surface area contributed by atoms with E-state index in [2.05, 4.69) is 0 Å². The van der Waals surface area contributed by atoms with Gasteiger partial charge in [0.15, 0.2) is 23.1 Å². The highest BCUT2D eigenvalue weighted by Crippen LogP contribution is 2.54. The Hall–Kier alpha value is -2.54. The van der Waals surface area contributed by atoms with Crippen LogP contribution in [0.1, 0.15) is 41.0 Å². The number of methoxy groups -OCH3 is 1. The van der Waals surface area contributed by atoms with Gasteiger partial charge in [0.1, 0.15) is 0 Å². The molecule has 0 saturated heterocycles. The Labute approximate surface area is 137 Å². The van der Waals surface area contributed by atoms with E-state index in [1.807, 2.05) is 6.92 Å². The third-order valence-electron chi connectivity index (χ3n) is 4.58. The Balaban J connectivity index is 2.03. The van der Waals surface area contributed by atoms with Crippen LogP contribution in [0.2, 0.25) is 0 Å². The first-order valence-corrected chi connectivity index (χ1v) is 7.66. The second-order valence-corrected chi connectivity index (χ2v) is 6.04. The molecule has 0 radical (unpaired) electrons. The van der Waals surface area contributed by atoms with Crippen molar-refractivity contribution in [2.24, 2.45) is 0 Å². The first-order valence-electron chi connectivity index (χ1n) is 7.66. The molecule has 1 aromatic rings. The molecule has 2 unspecified atom stereocenters. The van der Waals surface area contributed by atoms with Crippen molar-refractivity contribution in [3.8, 4) is 23.0 Å². The Bertz CT molecular complexity index is 821. The summed E-state index contributed by atoms with van der Waals surface area (Å²) < 4.78 is 21.6. The monoisotopic (exact) mass is 332 g/mol. The molecule has 1 aromatic carbocycles. The number of ketones is 2. The van der Waals surface area contributed by atoms with Crippen molar-refractivity contribution >= 4 is 11.6 Å². The van der Waals surface area contributed by atoms with Crippen LogP contribution in [0.25, 0.3) is 0 Å². The summed E-state index contributed by atoms with van der Waals surface area (Å²) in [5, 5.41) is 10.5. The Morgan fingerprint density at radius 1 is 1.08 bits per heavy atom. The van der Waals surface area contributed by atoms with Crippen molar-refractivity contribution in [3.05, 3.63) is 22.3 Å². The maximum atomic E-state index is 13.1. The number of carbonyl (C=O) groups excluding carboxylic acids is 2. The van der Waals surface area contributed by atoms with Crippen LogP contribution in [0.15, 0.2) is 11.1 Å². The van der Waals surface area contributed by atoms with Crippen LogP contribution < -0.4 is 14.2 Å². The smallest absolute Gasteiger partial charge is 0.231 e. The van der Waals surface area contributed by atoms with E-state index in [-0.39, 0.29) is 47.1 Å². The highest BCUT2D eigenvalue weighted by Gasteiger charge is 2.45. The van der Waals surface area contributed by atoms with Crippen molar-refractivity contribution in [1.82, 2.24) is 0 Å². The minimum atomic E-state index is -0.524. The van der Waals surface area contributed by atoms with Crippen molar-refractivity contribution in [2.75, 3.05) is 13.9 Å². The third-order valence-corrected chi connectivity index (χ3v) is 4.58. The number of aromatic hydroxyl groups is 1. The van der Waals surface area contributed by atoms with E-state index in [9.17, 15) is 14.7 Å². The summed E-state index contributed by atoms with van der Waals surface area (Å²) in [7, 11) is 1.38. The van der Waals surface area contributed by atoms with E-state index in [0.717, 1.165) is 0 Å². The van der Waals surface area contributed by atoms with Crippen LogP contribution >= 0.6 is 0 Å². The molecule has 0 saturated carbocycles. The summed E-state index contributed by atoms with van der Waals surface area (Å²) in [5.41, 5.74) is 0.631. The van der Waals surface area contributed by atoms with Gasteiger partial charge in [0, 0.05) is 17.6 Å². The van der Waals surface area contributed by atoms with Gasteiger partial charge in [-0.1, -0.05) is 0 Å². The first kappa shape index (κ1) is 15.0. The van der Waals surface area contributed by atoms with E-state index in [1.54, 1.807) is 6.92 Å². The lowest BCUT2D eigenvalue weighted by molar-refractivity contribution is 0.0148. The highest BCUT2D eigenvalue weighted by atomic mass is 16.7. The third kappa shape index (κ3) is 1.76. The predicted octanol–water partition coefficient (Wildman–Crippen LogP) is 2.00. The van der Waals surface area contributed by atoms with Crippen molar-refractivity contribution in [2.45, 2.75) is 32.5 Å². The second-order valence-electron chi connectivity index (χ2n) is 6.04. The number of carbonyl (C=O) groups is 2. The predicted molar refractivity (Wildman–Crippen MR) is 81.1 cm³/mol. The summed E-state index contributed by atoms with van der Waals surface area (Å²) in [6.45, 7) is 3.46. The molecule has 2 atom stereocenters. The molecular formula is C17H16O7. The van der Waals surface area contributed by atoms with Gasteiger partial charge in [-0.2, -0.15) is 0 Å². The lowest BCUT2D eigenvalue weighted by Gasteiger charge is -2.33. The molecule has 2 heterocycles. The maximum Gasteiger partial charge on any atom is 0.231 e. The summed E-state index contributed by atoms with van der Waals surface area (Å²) in [6, 6.07) is 0. The van der Waals surface area contributed by atoms with Crippen LogP contribution in [0.4, 0.5) is 0 Å². The molecular weight excluding hydrogens is 316 g/mol. The number of fused-ring (bicyclic) bond motifs is 2. The van der Waals surface area contributed by atoms with Crippen LogP contribution in [0, 0.1) is 0 Å². The van der Waals surface area contributed by atoms with E-state index in [1.165, 1.54) is 7.11 Å². The van der Waals surface area contributed by atoms with Gasteiger partial charge in [-0.3, -0.25) is 9.59 Å². The van der Waals surface area contributed by atoms with Crippen molar-refractivity contribution in [3.63, 3.8) is 0 Å². The van der Waals surface area contributed by atoms with Gasteiger partial charge in [0.05, 0.1) is 30.4 Å². The fraction of sp³-hybridized carbons (Fsp3) is 0.412. The number of ether oxygens (including phenoxy) is 4. The van der Waals surface area contributed by atoms with Gasteiger partial charge in [0.2, 0.25) is 18.3 Å². The standard InChI is InChI=1S/C17H16O7/c1-6-4-8-9(7(2)24-6)13(19)10-11(12(8)18)15(21-3)17-16(14(10)20)22-5-23-17/h6-7,20H,4-5H2,1-3H3. The normalized spacial score (nSPS) is 24.8. The topological polar surface area (TPSA) is 91.3 Å². The number of hydrogen-bond acceptors (Lipinski definition) is 7. The van der Waals surface area contributed by atoms with Crippen LogP contribution in [0.3, 0.4) is 0 Å². The molecule has 7 nitrogen and oxygen atoms in total. The minimum absolute atomic E-state index is 0.0218. The average Bonchev–Trinajstić information content (AvgIpc) is 3.01. The van der Waals surface area contributed by atoms with Gasteiger partial charge in [-0.15, -0.1) is 0 Å². The largest absolute Gasteiger partial charge is 0.504 e. The Morgan fingerprint density at radius 2 is 1.79 bits per heavy atom. The molecule has 0 bridgehead atoms. The second kappa shape index (κ2) is 4.98. The summed E-state index contributed by atoms with van der Waals surface area (Å²) in [6.07, 6.45) is -0.364. The molecule has 1 aliphatic carbocycles. The van der Waals surface area contributed by atoms with Crippen LogP contribution in [-0.2, 0) is 4.74 Å². The average molecular weight is 332 g/mol. The number of rotatable bonds is 1. The SMILES string of the molecule is COc1c2c(c(O)c3c1C(=O)C1=C(C3=O)C(C)OC(C)C1)OCO2. The van der Waals surface area contributed by atoms with Gasteiger partial charge >= 0.3 is 0 Å². The lowest BCUT2D eigenvalue weighted by atomic mass is 9.77. The fourth-order valence-electron chi connectivity index (χ4n) is 3.64. The quantitative estimate of drug-likeness (QED) is 0.841. The molecule has 24 heavy (non-hydrogen) atoms. The van der Waals surface area contributed by atoms with E-state index in [0.29, 0.717) is 17.6 Å². The Morgan fingerprint density at radius 3 is 2.50 bits per heavy atom. The molecule has 0 fully saturated rings. The zero-order valence-corrected chi connectivity index (χ0v) is 13.5. The van der Waals surface area contributed by atoms with Crippen molar-refractivity contribution in [1.29, 1.82) is 0 Å². The van der Waals surface area contributed by atoms with Crippen molar-refractivity contribution < 1.29 is 33.6 Å². The molecule has 3 aliphatic rings. The van der Waals surface area contributed by atoms with Gasteiger partial charge in [0.25, 0.3) is 0 Å². The fourth-order valence-corrected chi connectivity index (χ4v) is 3.64. The molecule has 0 aromatic heterocycles. The first-order chi connectivity index (χ1) is 11.5. The number of phenols is 1. The zero-order chi connectivity index (χ0) is 17.2. The molecule has 0 amide bonds. The van der Waals surface area contributed by atoms with E-state index < -0.39 is 17.6 Å². The molecule has 4 rings (SSSR count). The van der Waals surface area contributed by atoms with E-state index in [4.69, 9.17) is 18.9 Å². The van der Waals surface area contributed by atoms with Gasteiger partial charge < -0.3 is 24.1 Å². The highest BCUT2D eigenvalue weighted by molar-refractivity contribution is 6.30. The number of benzene rings is 1. The summed E-state index contributed by atoms with van der Waals surface area (Å²) in [4.78, 5) is 26.1. The van der Waals surface area contributed by atoms with Crippen LogP contribution in [-0.4, -0.2) is 42.8 Å². The van der Waals surface area contributed by atoms with E-state index >= 15 is 0 Å². The maximum absolute atomic E-state index is 13.1. The lowest BCUT2D eigenvalue weighted by Crippen LogP contribution is -2.36. The molecule has 0 spiro atoms. The molecule has 126 valence electrons. The summed E-state index contributed by atoms with van der Waals surface area (Å²) in [5.74, 6) is -0.887. The Kier molecular flexibility index (Phi) is 3.11. The zero-order valence-electron chi connectivity index (χ0n) is 13.5. The molecule has 2 aliphatic heterocycles. The van der Waals surface area contributed by atoms with Gasteiger partial charge in [-0.05, 0) is 13.8 Å². The minimum Gasteiger partial charge on any atom is -0.504 e. The van der Waals surface area contributed by atoms with Gasteiger partial charge in [-0.25, -0.2) is 0 Å².